The molecule has 0 rings (SSSR count). The molecule has 14 heavy (non-hydrogen) atoms. The zero-order valence-corrected chi connectivity index (χ0v) is 10.4. The van der Waals surface area contributed by atoms with Gasteiger partial charge in [0, 0.05) is 0 Å². The van der Waals surface area contributed by atoms with Crippen molar-refractivity contribution in [1.82, 2.24) is 0 Å². The lowest BCUT2D eigenvalue weighted by atomic mass is 9.80. The monoisotopic (exact) mass is 223 g/mol. The summed E-state index contributed by atoms with van der Waals surface area (Å²) in [4.78, 5) is 11.2. The van der Waals surface area contributed by atoms with E-state index < -0.39 is 6.04 Å². The van der Waals surface area contributed by atoms with Crippen LogP contribution in [0.25, 0.3) is 0 Å². The Balaban J connectivity index is 0. The predicted molar refractivity (Wildman–Crippen MR) is 60.4 cm³/mol. The van der Waals surface area contributed by atoms with Crippen LogP contribution in [0.15, 0.2) is 0 Å². The van der Waals surface area contributed by atoms with Gasteiger partial charge in [0.2, 0.25) is 0 Å². The topological polar surface area (TPSA) is 52.3 Å². The molecule has 0 fully saturated rings. The third-order valence-electron chi connectivity index (χ3n) is 2.43. The van der Waals surface area contributed by atoms with Gasteiger partial charge in [0.25, 0.3) is 0 Å². The Bertz CT molecular complexity index is 164. The fraction of sp³-hybridized carbons (Fsp3) is 0.900. The second-order valence-corrected chi connectivity index (χ2v) is 4.11. The molecule has 0 spiro atoms. The Morgan fingerprint density at radius 2 is 1.50 bits per heavy atom. The van der Waals surface area contributed by atoms with E-state index in [1.165, 1.54) is 7.11 Å². The molecule has 2 N–H and O–H groups in total. The highest BCUT2D eigenvalue weighted by atomic mass is 35.5. The number of carbonyl (C=O) groups excluding carboxylic acids is 1. The smallest absolute Gasteiger partial charge is 0.322 e. The van der Waals surface area contributed by atoms with Gasteiger partial charge in [0.15, 0.2) is 0 Å². The number of ether oxygens (including phenoxy) is 1. The number of rotatable bonds is 4. The molecule has 0 aromatic carbocycles. The van der Waals surface area contributed by atoms with E-state index in [2.05, 4.69) is 32.4 Å². The van der Waals surface area contributed by atoms with Gasteiger partial charge in [-0.2, -0.15) is 0 Å². The number of carbonyl (C=O) groups is 1. The molecule has 0 aliphatic heterocycles. The fourth-order valence-corrected chi connectivity index (χ4v) is 1.89. The average Bonchev–Trinajstić information content (AvgIpc) is 2.01. The van der Waals surface area contributed by atoms with Crippen LogP contribution in [0.2, 0.25) is 0 Å². The first-order chi connectivity index (χ1) is 5.91. The molecule has 0 aromatic rings. The highest BCUT2D eigenvalue weighted by Gasteiger charge is 2.30. The molecule has 0 aliphatic rings. The van der Waals surface area contributed by atoms with Gasteiger partial charge in [-0.15, -0.1) is 12.4 Å². The summed E-state index contributed by atoms with van der Waals surface area (Å²) in [6, 6.07) is -0.495. The number of esters is 1. The highest BCUT2D eigenvalue weighted by molar-refractivity contribution is 5.85. The molecule has 0 bridgehead atoms. The first-order valence-corrected chi connectivity index (χ1v) is 4.75. The third kappa shape index (κ3) is 4.29. The van der Waals surface area contributed by atoms with Crippen molar-refractivity contribution in [2.45, 2.75) is 33.7 Å². The molecule has 1 unspecified atom stereocenters. The second-order valence-electron chi connectivity index (χ2n) is 4.11. The number of hydrogen-bond acceptors (Lipinski definition) is 3. The van der Waals surface area contributed by atoms with Crippen molar-refractivity contribution in [2.75, 3.05) is 7.11 Å². The van der Waals surface area contributed by atoms with Crippen LogP contribution in [-0.4, -0.2) is 19.1 Å². The maximum Gasteiger partial charge on any atom is 0.322 e. The van der Waals surface area contributed by atoms with Crippen LogP contribution in [0.3, 0.4) is 0 Å². The summed E-state index contributed by atoms with van der Waals surface area (Å²) in [5.74, 6) is 0.669. The van der Waals surface area contributed by atoms with Crippen molar-refractivity contribution in [1.29, 1.82) is 0 Å². The Morgan fingerprint density at radius 1 is 1.14 bits per heavy atom. The number of methoxy groups -OCH3 is 1. The van der Waals surface area contributed by atoms with E-state index in [0.29, 0.717) is 11.8 Å². The van der Waals surface area contributed by atoms with Crippen molar-refractivity contribution in [3.05, 3.63) is 0 Å². The molecule has 1 atom stereocenters. The molecule has 0 aromatic heterocycles. The van der Waals surface area contributed by atoms with E-state index in [-0.39, 0.29) is 24.3 Å². The number of hydrogen-bond donors (Lipinski definition) is 1. The first-order valence-electron chi connectivity index (χ1n) is 4.75. The van der Waals surface area contributed by atoms with E-state index >= 15 is 0 Å². The summed E-state index contributed by atoms with van der Waals surface area (Å²) in [7, 11) is 1.37. The zero-order chi connectivity index (χ0) is 10.6. The molecule has 0 saturated carbocycles. The summed E-state index contributed by atoms with van der Waals surface area (Å²) in [6.45, 7) is 8.31. The molecule has 86 valence electrons. The number of halogens is 1. The van der Waals surface area contributed by atoms with E-state index in [4.69, 9.17) is 5.73 Å². The van der Waals surface area contributed by atoms with Gasteiger partial charge >= 0.3 is 5.97 Å². The summed E-state index contributed by atoms with van der Waals surface area (Å²) in [5, 5.41) is 0. The Hall–Kier alpha value is -0.280. The summed E-state index contributed by atoms with van der Waals surface area (Å²) >= 11 is 0. The molecule has 0 radical (unpaired) electrons. The Kier molecular flexibility index (Phi) is 8.16. The van der Waals surface area contributed by atoms with Crippen molar-refractivity contribution < 1.29 is 9.53 Å². The van der Waals surface area contributed by atoms with Gasteiger partial charge < -0.3 is 10.5 Å². The summed E-state index contributed by atoms with van der Waals surface area (Å²) in [6.07, 6.45) is 0. The van der Waals surface area contributed by atoms with Crippen molar-refractivity contribution in [2.24, 2.45) is 23.5 Å². The standard InChI is InChI=1S/C10H21NO2.ClH/c1-6(2)8(7(3)4)9(11)10(12)13-5;/h6-9H,11H2,1-5H3;1H. The predicted octanol–water partition coefficient (Wildman–Crippen LogP) is 1.84. The van der Waals surface area contributed by atoms with Crippen LogP contribution in [0.1, 0.15) is 27.7 Å². The highest BCUT2D eigenvalue weighted by Crippen LogP contribution is 2.23. The van der Waals surface area contributed by atoms with E-state index in [1.807, 2.05) is 0 Å². The summed E-state index contributed by atoms with van der Waals surface area (Å²) in [5.41, 5.74) is 5.80. The summed E-state index contributed by atoms with van der Waals surface area (Å²) < 4.78 is 4.63. The maximum absolute atomic E-state index is 11.2. The zero-order valence-electron chi connectivity index (χ0n) is 9.61. The van der Waals surface area contributed by atoms with Crippen LogP contribution in [-0.2, 0) is 9.53 Å². The molecule has 0 saturated heterocycles. The molecular weight excluding hydrogens is 202 g/mol. The van der Waals surface area contributed by atoms with E-state index in [1.54, 1.807) is 0 Å². The van der Waals surface area contributed by atoms with Gasteiger partial charge in [0.1, 0.15) is 6.04 Å². The van der Waals surface area contributed by atoms with Crippen LogP contribution in [0.5, 0.6) is 0 Å². The fourth-order valence-electron chi connectivity index (χ4n) is 1.89. The molecule has 4 heteroatoms. The van der Waals surface area contributed by atoms with Gasteiger partial charge in [0.05, 0.1) is 7.11 Å². The van der Waals surface area contributed by atoms with Crippen LogP contribution >= 0.6 is 12.4 Å². The minimum atomic E-state index is -0.495. The van der Waals surface area contributed by atoms with Gasteiger partial charge in [-0.1, -0.05) is 27.7 Å². The lowest BCUT2D eigenvalue weighted by Gasteiger charge is -2.28. The third-order valence-corrected chi connectivity index (χ3v) is 2.43. The molecule has 3 nitrogen and oxygen atoms in total. The normalized spacial score (nSPS) is 12.9. The van der Waals surface area contributed by atoms with E-state index in [0.717, 1.165) is 0 Å². The van der Waals surface area contributed by atoms with Crippen molar-refractivity contribution in [3.8, 4) is 0 Å². The lowest BCUT2D eigenvalue weighted by Crippen LogP contribution is -2.43. The van der Waals surface area contributed by atoms with Gasteiger partial charge in [-0.25, -0.2) is 0 Å². The number of nitrogens with two attached hydrogens (primary N) is 1. The quantitative estimate of drug-likeness (QED) is 0.740. The molecule has 0 heterocycles. The van der Waals surface area contributed by atoms with Crippen LogP contribution in [0, 0.1) is 17.8 Å². The maximum atomic E-state index is 11.2. The van der Waals surface area contributed by atoms with Gasteiger partial charge in [-0.3, -0.25) is 4.79 Å². The van der Waals surface area contributed by atoms with Crippen molar-refractivity contribution >= 4 is 18.4 Å². The lowest BCUT2D eigenvalue weighted by molar-refractivity contribution is -0.144. The molecule has 0 amide bonds. The Morgan fingerprint density at radius 3 is 1.71 bits per heavy atom. The first kappa shape index (κ1) is 16.2. The van der Waals surface area contributed by atoms with Crippen molar-refractivity contribution in [3.63, 3.8) is 0 Å². The average molecular weight is 224 g/mol. The van der Waals surface area contributed by atoms with Crippen LogP contribution < -0.4 is 5.73 Å². The van der Waals surface area contributed by atoms with Gasteiger partial charge in [-0.05, 0) is 17.8 Å². The largest absolute Gasteiger partial charge is 0.468 e. The molecular formula is C10H22ClNO2. The SMILES string of the molecule is COC(=O)C(N)C(C(C)C)C(C)C.Cl. The Labute approximate surface area is 92.8 Å². The minimum absolute atomic E-state index is 0. The van der Waals surface area contributed by atoms with E-state index in [9.17, 15) is 4.79 Å². The van der Waals surface area contributed by atoms with Crippen LogP contribution in [0.4, 0.5) is 0 Å². The minimum Gasteiger partial charge on any atom is -0.468 e. The second kappa shape index (κ2) is 7.07. The molecule has 0 aliphatic carbocycles.